The highest BCUT2D eigenvalue weighted by atomic mass is 19.2. The molecule has 1 heterocycles. The highest BCUT2D eigenvalue weighted by Crippen LogP contribution is 2.26. The summed E-state index contributed by atoms with van der Waals surface area (Å²) in [6, 6.07) is 17.2. The number of imidazole rings is 1. The van der Waals surface area contributed by atoms with Gasteiger partial charge in [0.15, 0.2) is 23.1 Å². The third kappa shape index (κ3) is 4.75. The first-order valence-electron chi connectivity index (χ1n) is 9.95. The molecule has 0 atom stereocenters. The number of halogens is 3. The molecule has 0 radical (unpaired) electrons. The minimum absolute atomic E-state index is 0.156. The quantitative estimate of drug-likeness (QED) is 0.350. The second kappa shape index (κ2) is 9.49. The predicted molar refractivity (Wildman–Crippen MR) is 118 cm³/mol. The molecule has 0 aliphatic carbocycles. The molecule has 172 valence electrons. The number of carbonyl (C=O) groups excluding carboxylic acids is 2. The smallest absolute Gasteiger partial charge is 0.271 e. The maximum Gasteiger partial charge on any atom is 0.271 e. The van der Waals surface area contributed by atoms with Crippen LogP contribution in [-0.4, -0.2) is 21.8 Å². The van der Waals surface area contributed by atoms with Crippen LogP contribution >= 0.6 is 0 Å². The molecule has 0 saturated heterocycles. The fraction of sp³-hybridized carbons (Fsp3) is 0.0417. The monoisotopic (exact) mass is 466 g/mol. The summed E-state index contributed by atoms with van der Waals surface area (Å²) >= 11 is 0. The van der Waals surface area contributed by atoms with Gasteiger partial charge in [0.2, 0.25) is 0 Å². The van der Waals surface area contributed by atoms with Crippen molar-refractivity contribution in [2.45, 2.75) is 6.61 Å². The first-order chi connectivity index (χ1) is 16.3. The van der Waals surface area contributed by atoms with Gasteiger partial charge < -0.3 is 20.8 Å². The topological polar surface area (TPSA) is 110 Å². The molecule has 0 spiro atoms. The Morgan fingerprint density at radius 2 is 1.62 bits per heavy atom. The molecule has 34 heavy (non-hydrogen) atoms. The Balaban J connectivity index is 1.61. The van der Waals surface area contributed by atoms with E-state index < -0.39 is 29.3 Å². The van der Waals surface area contributed by atoms with Crippen LogP contribution in [0.15, 0.2) is 66.7 Å². The van der Waals surface area contributed by atoms with Gasteiger partial charge in [0.25, 0.3) is 11.8 Å². The summed E-state index contributed by atoms with van der Waals surface area (Å²) in [4.78, 5) is 31.3. The van der Waals surface area contributed by atoms with Crippen molar-refractivity contribution in [3.8, 4) is 17.1 Å². The Bertz CT molecular complexity index is 1350. The number of ether oxygens (including phenoxy) is 1. The number of amides is 2. The number of nitrogens with one attached hydrogen (secondary N) is 2. The number of hydrogen-bond acceptors (Lipinski definition) is 4. The number of carbonyl (C=O) groups is 2. The Morgan fingerprint density at radius 1 is 0.971 bits per heavy atom. The van der Waals surface area contributed by atoms with E-state index in [9.17, 15) is 22.8 Å². The highest BCUT2D eigenvalue weighted by molar-refractivity contribution is 6.09. The van der Waals surface area contributed by atoms with E-state index in [0.29, 0.717) is 12.1 Å². The number of aromatic nitrogens is 2. The van der Waals surface area contributed by atoms with Crippen molar-refractivity contribution in [2.75, 3.05) is 5.32 Å². The minimum atomic E-state index is -1.65. The summed E-state index contributed by atoms with van der Waals surface area (Å²) in [5.74, 6) is -6.31. The van der Waals surface area contributed by atoms with Gasteiger partial charge in [0.05, 0.1) is 5.56 Å². The van der Waals surface area contributed by atoms with Crippen LogP contribution < -0.4 is 15.8 Å². The normalized spacial score (nSPS) is 10.7. The summed E-state index contributed by atoms with van der Waals surface area (Å²) in [5.41, 5.74) is 5.82. The van der Waals surface area contributed by atoms with Crippen LogP contribution in [-0.2, 0) is 6.61 Å². The second-order valence-corrected chi connectivity index (χ2v) is 7.15. The lowest BCUT2D eigenvalue weighted by molar-refractivity contribution is 0.0997. The zero-order valence-electron chi connectivity index (χ0n) is 17.4. The number of aromatic amines is 1. The molecular formula is C24H17F3N4O3. The number of H-pyrrole nitrogens is 1. The Labute approximate surface area is 191 Å². The van der Waals surface area contributed by atoms with Crippen molar-refractivity contribution in [1.29, 1.82) is 0 Å². The van der Waals surface area contributed by atoms with Crippen molar-refractivity contribution in [3.05, 3.63) is 101 Å². The van der Waals surface area contributed by atoms with Crippen LogP contribution in [0.1, 0.15) is 26.4 Å². The van der Waals surface area contributed by atoms with E-state index in [1.807, 2.05) is 30.3 Å². The molecule has 0 saturated carbocycles. The van der Waals surface area contributed by atoms with Gasteiger partial charge >= 0.3 is 0 Å². The van der Waals surface area contributed by atoms with Crippen LogP contribution in [0.3, 0.4) is 0 Å². The number of para-hydroxylation sites is 1. The van der Waals surface area contributed by atoms with Crippen LogP contribution in [0, 0.1) is 17.5 Å². The summed E-state index contributed by atoms with van der Waals surface area (Å²) in [6.45, 7) is 0.216. The van der Waals surface area contributed by atoms with Crippen molar-refractivity contribution >= 4 is 17.6 Å². The highest BCUT2D eigenvalue weighted by Gasteiger charge is 2.22. The second-order valence-electron chi connectivity index (χ2n) is 7.15. The fourth-order valence-electron chi connectivity index (χ4n) is 3.17. The number of hydrogen-bond donors (Lipinski definition) is 3. The molecule has 0 fully saturated rings. The van der Waals surface area contributed by atoms with Crippen LogP contribution in [0.25, 0.3) is 11.4 Å². The van der Waals surface area contributed by atoms with Gasteiger partial charge in [0, 0.05) is 5.56 Å². The van der Waals surface area contributed by atoms with E-state index in [2.05, 4.69) is 15.3 Å². The number of primary amides is 1. The largest absolute Gasteiger partial charge is 0.488 e. The van der Waals surface area contributed by atoms with Crippen LogP contribution in [0.4, 0.5) is 19.0 Å². The summed E-state index contributed by atoms with van der Waals surface area (Å²) < 4.78 is 46.3. The zero-order valence-corrected chi connectivity index (χ0v) is 17.4. The Kier molecular flexibility index (Phi) is 6.30. The molecule has 4 N–H and O–H groups in total. The average molecular weight is 466 g/mol. The van der Waals surface area contributed by atoms with E-state index in [0.717, 1.165) is 5.56 Å². The van der Waals surface area contributed by atoms with Gasteiger partial charge in [-0.1, -0.05) is 42.5 Å². The molecular weight excluding hydrogens is 449 g/mol. The summed E-state index contributed by atoms with van der Waals surface area (Å²) in [6.07, 6.45) is 0. The Morgan fingerprint density at radius 3 is 2.29 bits per heavy atom. The van der Waals surface area contributed by atoms with Gasteiger partial charge in [-0.2, -0.15) is 0 Å². The lowest BCUT2D eigenvalue weighted by atomic mass is 10.2. The third-order valence-electron chi connectivity index (χ3n) is 4.80. The predicted octanol–water partition coefficient (Wildman–Crippen LogP) is 4.42. The first-order valence-corrected chi connectivity index (χ1v) is 9.95. The summed E-state index contributed by atoms with van der Waals surface area (Å²) in [7, 11) is 0. The van der Waals surface area contributed by atoms with Crippen LogP contribution in [0.5, 0.6) is 5.75 Å². The maximum atomic E-state index is 13.6. The van der Waals surface area contributed by atoms with E-state index in [1.54, 1.807) is 18.2 Å². The lowest BCUT2D eigenvalue weighted by Gasteiger charge is -2.11. The van der Waals surface area contributed by atoms with Gasteiger partial charge in [-0.05, 0) is 29.8 Å². The van der Waals surface area contributed by atoms with E-state index >= 15 is 0 Å². The number of rotatable bonds is 7. The zero-order chi connectivity index (χ0) is 24.2. The van der Waals surface area contributed by atoms with Crippen molar-refractivity contribution in [2.24, 2.45) is 5.73 Å². The van der Waals surface area contributed by atoms with Crippen molar-refractivity contribution in [1.82, 2.24) is 9.97 Å². The average Bonchev–Trinajstić information content (AvgIpc) is 3.26. The number of nitrogens with two attached hydrogens (primary N) is 1. The molecule has 0 bridgehead atoms. The molecule has 3 aromatic carbocycles. The summed E-state index contributed by atoms with van der Waals surface area (Å²) in [5, 5.41) is 2.48. The number of nitrogens with zero attached hydrogens (tertiary/aromatic N) is 1. The van der Waals surface area contributed by atoms with E-state index in [1.165, 1.54) is 6.07 Å². The van der Waals surface area contributed by atoms with Gasteiger partial charge in [-0.15, -0.1) is 0 Å². The van der Waals surface area contributed by atoms with Gasteiger partial charge in [-0.3, -0.25) is 9.59 Å². The van der Waals surface area contributed by atoms with Crippen LogP contribution in [0.2, 0.25) is 0 Å². The van der Waals surface area contributed by atoms with E-state index in [4.69, 9.17) is 10.5 Å². The van der Waals surface area contributed by atoms with Gasteiger partial charge in [0.1, 0.15) is 24.0 Å². The van der Waals surface area contributed by atoms with Crippen molar-refractivity contribution < 1.29 is 27.5 Å². The lowest BCUT2D eigenvalue weighted by Crippen LogP contribution is -2.19. The maximum absolute atomic E-state index is 13.6. The van der Waals surface area contributed by atoms with Gasteiger partial charge in [-0.25, -0.2) is 18.2 Å². The molecule has 7 nitrogen and oxygen atoms in total. The Hall–Kier alpha value is -4.60. The molecule has 0 aliphatic heterocycles. The standard InChI is InChI=1S/C24H17F3N4O3/c25-16-10-14(11-17(26)19(16)27)22-29-20(21(28)32)23(30-22)31-24(33)15-8-4-5-9-18(15)34-12-13-6-2-1-3-7-13/h1-11H,12H2,(H2,28,32)(H,29,30)(H,31,33). The third-order valence-corrected chi connectivity index (χ3v) is 4.80. The molecule has 10 heteroatoms. The molecule has 1 aromatic heterocycles. The molecule has 0 aliphatic rings. The SMILES string of the molecule is NC(=O)c1nc(-c2cc(F)c(F)c(F)c2)[nH]c1NC(=O)c1ccccc1OCc1ccccc1. The number of benzene rings is 3. The molecule has 4 rings (SSSR count). The fourth-order valence-corrected chi connectivity index (χ4v) is 3.17. The molecule has 0 unspecified atom stereocenters. The first kappa shape index (κ1) is 22.6. The van der Waals surface area contributed by atoms with E-state index in [-0.39, 0.29) is 40.8 Å². The van der Waals surface area contributed by atoms with Crippen molar-refractivity contribution in [3.63, 3.8) is 0 Å². The molecule has 2 amide bonds. The molecule has 4 aromatic rings. The number of anilines is 1. The minimum Gasteiger partial charge on any atom is -0.488 e.